The molecule has 3 heterocycles. The molecule has 0 radical (unpaired) electrons. The van der Waals surface area contributed by atoms with Crippen LogP contribution in [0.3, 0.4) is 0 Å². The van der Waals surface area contributed by atoms with Crippen LogP contribution in [0.25, 0.3) is 22.5 Å². The van der Waals surface area contributed by atoms with Crippen LogP contribution < -0.4 is 10.1 Å². The summed E-state index contributed by atoms with van der Waals surface area (Å²) in [5.41, 5.74) is 5.29. The van der Waals surface area contributed by atoms with Crippen LogP contribution in [0.5, 0.6) is 5.88 Å². The van der Waals surface area contributed by atoms with E-state index in [1.54, 1.807) is 18.0 Å². The first-order valence-corrected chi connectivity index (χ1v) is 11.3. The van der Waals surface area contributed by atoms with Gasteiger partial charge in [0.1, 0.15) is 0 Å². The average Bonchev–Trinajstić information content (AvgIpc) is 3.24. The summed E-state index contributed by atoms with van der Waals surface area (Å²) < 4.78 is 6.39. The van der Waals surface area contributed by atoms with Gasteiger partial charge in [-0.3, -0.25) is 5.10 Å². The minimum absolute atomic E-state index is 0.469. The molecule has 31 heavy (non-hydrogen) atoms. The molecule has 0 amide bonds. The Balaban J connectivity index is 1.56. The Bertz CT molecular complexity index is 1180. The summed E-state index contributed by atoms with van der Waals surface area (Å²) in [6.07, 6.45) is 3.54. The maximum atomic E-state index is 6.39. The van der Waals surface area contributed by atoms with E-state index in [2.05, 4.69) is 32.6 Å². The number of unbranched alkanes of at least 4 members (excludes halogenated alkanes) is 1. The lowest BCUT2D eigenvalue weighted by molar-refractivity contribution is 0.226. The highest BCUT2D eigenvalue weighted by molar-refractivity contribution is 7.99. The van der Waals surface area contributed by atoms with E-state index in [-0.39, 0.29) is 0 Å². The van der Waals surface area contributed by atoms with Crippen LogP contribution in [0, 0.1) is 0 Å². The Labute approximate surface area is 184 Å². The maximum absolute atomic E-state index is 6.39. The number of nitrogens with one attached hydrogen (secondary N) is 2. The second kappa shape index (κ2) is 8.77. The van der Waals surface area contributed by atoms with E-state index in [4.69, 9.17) is 9.72 Å². The SMILES string of the molecule is CCCCSc1nnc2c(n1)O[C@@H](c1cn[nH]c1-c1ccccc1)Nc1ccccc1-2. The Morgan fingerprint density at radius 1 is 1.03 bits per heavy atom. The first kappa shape index (κ1) is 19.6. The van der Waals surface area contributed by atoms with Crippen LogP contribution in [0.4, 0.5) is 5.69 Å². The van der Waals surface area contributed by atoms with Crippen molar-refractivity contribution in [2.24, 2.45) is 0 Å². The lowest BCUT2D eigenvalue weighted by atomic mass is 10.1. The molecule has 0 aliphatic carbocycles. The molecule has 4 aromatic rings. The number of nitrogens with zero attached hydrogens (tertiary/aromatic N) is 4. The van der Waals surface area contributed by atoms with Crippen LogP contribution in [0.15, 0.2) is 66.0 Å². The van der Waals surface area contributed by atoms with E-state index in [9.17, 15) is 0 Å². The van der Waals surface area contributed by atoms with E-state index >= 15 is 0 Å². The zero-order chi connectivity index (χ0) is 21.0. The third-order valence-electron chi connectivity index (χ3n) is 5.08. The smallest absolute Gasteiger partial charge is 0.247 e. The molecule has 0 unspecified atom stereocenters. The number of fused-ring (bicyclic) bond motifs is 3. The Hall–Kier alpha value is -3.39. The van der Waals surface area contributed by atoms with E-state index < -0.39 is 6.23 Å². The number of rotatable bonds is 6. The highest BCUT2D eigenvalue weighted by Crippen LogP contribution is 2.40. The molecule has 156 valence electrons. The molecule has 1 aliphatic rings. The highest BCUT2D eigenvalue weighted by Gasteiger charge is 2.28. The quantitative estimate of drug-likeness (QED) is 0.316. The predicted octanol–water partition coefficient (Wildman–Crippen LogP) is 5.32. The molecule has 2 aromatic carbocycles. The van der Waals surface area contributed by atoms with Crippen molar-refractivity contribution in [3.8, 4) is 28.4 Å². The van der Waals surface area contributed by atoms with Crippen molar-refractivity contribution in [2.45, 2.75) is 31.1 Å². The maximum Gasteiger partial charge on any atom is 0.247 e. The van der Waals surface area contributed by atoms with Gasteiger partial charge in [-0.15, -0.1) is 10.2 Å². The summed E-state index contributed by atoms with van der Waals surface area (Å²) in [7, 11) is 0. The molecule has 2 aromatic heterocycles. The number of anilines is 1. The normalized spacial score (nSPS) is 14.7. The zero-order valence-electron chi connectivity index (χ0n) is 17.1. The second-order valence-corrected chi connectivity index (χ2v) is 8.27. The highest BCUT2D eigenvalue weighted by atomic mass is 32.2. The second-order valence-electron chi connectivity index (χ2n) is 7.20. The van der Waals surface area contributed by atoms with Crippen molar-refractivity contribution in [2.75, 3.05) is 11.1 Å². The molecule has 5 rings (SSSR count). The van der Waals surface area contributed by atoms with Gasteiger partial charge in [0.15, 0.2) is 5.69 Å². The van der Waals surface area contributed by atoms with E-state index in [1.165, 1.54) is 0 Å². The Morgan fingerprint density at radius 3 is 2.74 bits per heavy atom. The molecular formula is C23H22N6OS. The van der Waals surface area contributed by atoms with Crippen molar-refractivity contribution in [3.05, 3.63) is 66.4 Å². The standard InChI is InChI=1S/C23H22N6OS/c1-2-3-13-31-23-26-22-20(28-29-23)16-11-7-8-12-18(16)25-21(30-22)17-14-24-27-19(17)15-9-5-4-6-10-15/h4-12,14,21,25H,2-3,13H2,1H3,(H,24,27)/t21-/m0/s1. The summed E-state index contributed by atoms with van der Waals surface area (Å²) in [4.78, 5) is 4.70. The number of aromatic nitrogens is 5. The Morgan fingerprint density at radius 2 is 1.87 bits per heavy atom. The fraction of sp³-hybridized carbons (Fsp3) is 0.217. The topological polar surface area (TPSA) is 88.6 Å². The monoisotopic (exact) mass is 430 g/mol. The number of benzene rings is 2. The van der Waals surface area contributed by atoms with E-state index in [1.807, 2.05) is 54.6 Å². The molecule has 0 fully saturated rings. The van der Waals surface area contributed by atoms with Gasteiger partial charge < -0.3 is 10.1 Å². The van der Waals surface area contributed by atoms with Crippen LogP contribution in [-0.2, 0) is 0 Å². The summed E-state index contributed by atoms with van der Waals surface area (Å²) in [6, 6.07) is 18.1. The van der Waals surface area contributed by atoms with Crippen LogP contribution in [0.1, 0.15) is 31.6 Å². The molecule has 7 nitrogen and oxygen atoms in total. The van der Waals surface area contributed by atoms with Gasteiger partial charge in [0.05, 0.1) is 17.5 Å². The minimum atomic E-state index is -0.485. The molecule has 0 saturated heterocycles. The molecule has 0 bridgehead atoms. The molecule has 8 heteroatoms. The van der Waals surface area contributed by atoms with Crippen molar-refractivity contribution in [3.63, 3.8) is 0 Å². The van der Waals surface area contributed by atoms with Crippen molar-refractivity contribution in [1.29, 1.82) is 0 Å². The lowest BCUT2D eigenvalue weighted by Gasteiger charge is -2.19. The molecule has 1 atom stereocenters. The Kier molecular flexibility index (Phi) is 5.54. The summed E-state index contributed by atoms with van der Waals surface area (Å²) in [5, 5.41) is 20.3. The van der Waals surface area contributed by atoms with Crippen LogP contribution >= 0.6 is 11.8 Å². The van der Waals surface area contributed by atoms with Gasteiger partial charge in [-0.25, -0.2) is 0 Å². The first-order chi connectivity index (χ1) is 15.3. The third kappa shape index (κ3) is 3.98. The van der Waals surface area contributed by atoms with Crippen LogP contribution in [-0.4, -0.2) is 31.1 Å². The van der Waals surface area contributed by atoms with Crippen molar-refractivity contribution < 1.29 is 4.74 Å². The number of thioether (sulfide) groups is 1. The first-order valence-electron chi connectivity index (χ1n) is 10.3. The number of hydrogen-bond acceptors (Lipinski definition) is 7. The third-order valence-corrected chi connectivity index (χ3v) is 6.00. The van der Waals surface area contributed by atoms with E-state index in [0.717, 1.165) is 46.7 Å². The average molecular weight is 431 g/mol. The molecule has 2 N–H and O–H groups in total. The fourth-order valence-electron chi connectivity index (χ4n) is 3.49. The summed E-state index contributed by atoms with van der Waals surface area (Å²) in [6.45, 7) is 2.17. The minimum Gasteiger partial charge on any atom is -0.448 e. The summed E-state index contributed by atoms with van der Waals surface area (Å²) >= 11 is 1.60. The van der Waals surface area contributed by atoms with Gasteiger partial charge in [-0.05, 0) is 12.5 Å². The number of H-pyrrole nitrogens is 1. The van der Waals surface area contributed by atoms with Crippen molar-refractivity contribution >= 4 is 17.4 Å². The van der Waals surface area contributed by atoms with E-state index in [0.29, 0.717) is 16.7 Å². The summed E-state index contributed by atoms with van der Waals surface area (Å²) in [5.74, 6) is 1.42. The number of hydrogen-bond donors (Lipinski definition) is 2. The number of ether oxygens (including phenoxy) is 1. The molecule has 1 aliphatic heterocycles. The van der Waals surface area contributed by atoms with Gasteiger partial charge in [0.25, 0.3) is 0 Å². The van der Waals surface area contributed by atoms with Gasteiger partial charge in [-0.2, -0.15) is 10.1 Å². The molecule has 0 saturated carbocycles. The number of para-hydroxylation sites is 1. The van der Waals surface area contributed by atoms with Gasteiger partial charge in [0, 0.05) is 22.6 Å². The fourth-order valence-corrected chi connectivity index (χ4v) is 4.35. The predicted molar refractivity (Wildman–Crippen MR) is 122 cm³/mol. The lowest BCUT2D eigenvalue weighted by Crippen LogP contribution is -2.17. The van der Waals surface area contributed by atoms with Gasteiger partial charge >= 0.3 is 0 Å². The van der Waals surface area contributed by atoms with Crippen LogP contribution in [0.2, 0.25) is 0 Å². The van der Waals surface area contributed by atoms with Gasteiger partial charge in [0.2, 0.25) is 17.3 Å². The van der Waals surface area contributed by atoms with Gasteiger partial charge in [-0.1, -0.05) is 73.6 Å². The largest absolute Gasteiger partial charge is 0.448 e. The zero-order valence-corrected chi connectivity index (χ0v) is 17.9. The molecule has 0 spiro atoms. The van der Waals surface area contributed by atoms with Crippen molar-refractivity contribution in [1.82, 2.24) is 25.4 Å². The number of aromatic amines is 1. The molecular weight excluding hydrogens is 408 g/mol.